The lowest BCUT2D eigenvalue weighted by Crippen LogP contribution is -2.13. The molecule has 3 heteroatoms. The first-order valence-electron chi connectivity index (χ1n) is 5.10. The summed E-state index contributed by atoms with van der Waals surface area (Å²) in [5.41, 5.74) is 0. The molecule has 1 aliphatic rings. The molecule has 1 aromatic carbocycles. The van der Waals surface area contributed by atoms with Crippen molar-refractivity contribution in [3.63, 3.8) is 0 Å². The van der Waals surface area contributed by atoms with E-state index in [2.05, 4.69) is 35.3 Å². The third-order valence-corrected chi connectivity index (χ3v) is 3.54. The number of fused-ring (bicyclic) bond motifs is 1. The molecule has 0 saturated carbocycles. The van der Waals surface area contributed by atoms with E-state index >= 15 is 0 Å². The van der Waals surface area contributed by atoms with Gasteiger partial charge < -0.3 is 4.74 Å². The molecule has 0 unspecified atom stereocenters. The maximum atomic E-state index is 5.55. The SMILES string of the molecule is c1ccc2sc(C3=NCCCO3)cc2c1. The Morgan fingerprint density at radius 3 is 3.00 bits per heavy atom. The van der Waals surface area contributed by atoms with Gasteiger partial charge in [0.15, 0.2) is 0 Å². The average Bonchev–Trinajstić information content (AvgIpc) is 2.74. The van der Waals surface area contributed by atoms with E-state index in [0.29, 0.717) is 0 Å². The average molecular weight is 217 g/mol. The molecule has 0 saturated heterocycles. The minimum Gasteiger partial charge on any atom is -0.477 e. The van der Waals surface area contributed by atoms with Crippen LogP contribution in [0, 0.1) is 0 Å². The summed E-state index contributed by atoms with van der Waals surface area (Å²) in [6.07, 6.45) is 1.04. The molecule has 0 amide bonds. The van der Waals surface area contributed by atoms with Crippen LogP contribution in [0.1, 0.15) is 11.3 Å². The molecule has 0 radical (unpaired) electrons. The Hall–Kier alpha value is -1.35. The number of thiophene rings is 1. The van der Waals surface area contributed by atoms with Crippen molar-refractivity contribution < 1.29 is 4.74 Å². The van der Waals surface area contributed by atoms with Gasteiger partial charge in [-0.1, -0.05) is 18.2 Å². The monoisotopic (exact) mass is 217 g/mol. The Balaban J connectivity index is 2.07. The van der Waals surface area contributed by atoms with Gasteiger partial charge in [-0.25, -0.2) is 0 Å². The lowest BCUT2D eigenvalue weighted by molar-refractivity contribution is 0.285. The van der Waals surface area contributed by atoms with Crippen molar-refractivity contribution in [2.24, 2.45) is 4.99 Å². The van der Waals surface area contributed by atoms with Crippen LogP contribution in [-0.4, -0.2) is 19.0 Å². The van der Waals surface area contributed by atoms with Crippen LogP contribution < -0.4 is 0 Å². The molecular weight excluding hydrogens is 206 g/mol. The Labute approximate surface area is 92.2 Å². The second-order valence-electron chi connectivity index (χ2n) is 3.54. The number of ether oxygens (including phenoxy) is 1. The van der Waals surface area contributed by atoms with E-state index in [9.17, 15) is 0 Å². The lowest BCUT2D eigenvalue weighted by atomic mass is 10.2. The minimum atomic E-state index is 0.799. The first-order valence-corrected chi connectivity index (χ1v) is 5.91. The van der Waals surface area contributed by atoms with Gasteiger partial charge in [0.1, 0.15) is 0 Å². The third-order valence-electron chi connectivity index (χ3n) is 2.43. The summed E-state index contributed by atoms with van der Waals surface area (Å²) in [4.78, 5) is 5.55. The number of rotatable bonds is 1. The van der Waals surface area contributed by atoms with Crippen molar-refractivity contribution in [1.82, 2.24) is 0 Å². The predicted molar refractivity (Wildman–Crippen MR) is 63.8 cm³/mol. The van der Waals surface area contributed by atoms with Gasteiger partial charge in [-0.05, 0) is 17.5 Å². The molecule has 0 N–H and O–H groups in total. The first kappa shape index (κ1) is 8.92. The molecule has 0 spiro atoms. The molecule has 0 fully saturated rings. The quantitative estimate of drug-likeness (QED) is 0.719. The Morgan fingerprint density at radius 2 is 2.20 bits per heavy atom. The molecule has 2 heterocycles. The fraction of sp³-hybridized carbons (Fsp3) is 0.250. The molecule has 0 bridgehead atoms. The smallest absolute Gasteiger partial charge is 0.226 e. The molecule has 1 aromatic heterocycles. The summed E-state index contributed by atoms with van der Waals surface area (Å²) in [5.74, 6) is 0.822. The van der Waals surface area contributed by atoms with Crippen LogP contribution in [0.15, 0.2) is 35.3 Å². The first-order chi connectivity index (χ1) is 7.43. The Bertz CT molecular complexity index is 482. The highest BCUT2D eigenvalue weighted by Crippen LogP contribution is 2.26. The van der Waals surface area contributed by atoms with E-state index in [1.54, 1.807) is 11.3 Å². The van der Waals surface area contributed by atoms with Crippen LogP contribution in [0.5, 0.6) is 0 Å². The maximum Gasteiger partial charge on any atom is 0.226 e. The van der Waals surface area contributed by atoms with Gasteiger partial charge in [-0.15, -0.1) is 11.3 Å². The molecule has 0 aliphatic carbocycles. The van der Waals surface area contributed by atoms with E-state index in [1.165, 1.54) is 10.1 Å². The van der Waals surface area contributed by atoms with E-state index < -0.39 is 0 Å². The highest BCUT2D eigenvalue weighted by Gasteiger charge is 2.11. The molecule has 0 atom stereocenters. The summed E-state index contributed by atoms with van der Waals surface area (Å²) in [7, 11) is 0. The van der Waals surface area contributed by atoms with Crippen molar-refractivity contribution in [1.29, 1.82) is 0 Å². The van der Waals surface area contributed by atoms with E-state index in [1.807, 2.05) is 0 Å². The second-order valence-corrected chi connectivity index (χ2v) is 4.62. The molecule has 3 rings (SSSR count). The summed E-state index contributed by atoms with van der Waals surface area (Å²) in [6.45, 7) is 1.69. The number of aliphatic imine (C=N–C) groups is 1. The molecule has 76 valence electrons. The van der Waals surface area contributed by atoms with Crippen molar-refractivity contribution in [2.45, 2.75) is 6.42 Å². The zero-order valence-electron chi connectivity index (χ0n) is 8.27. The maximum absolute atomic E-state index is 5.55. The van der Waals surface area contributed by atoms with Crippen molar-refractivity contribution >= 4 is 27.3 Å². The normalized spacial score (nSPS) is 16.1. The molecule has 2 aromatic rings. The van der Waals surface area contributed by atoms with Crippen molar-refractivity contribution in [3.05, 3.63) is 35.2 Å². The van der Waals surface area contributed by atoms with Gasteiger partial charge in [0.25, 0.3) is 0 Å². The van der Waals surface area contributed by atoms with Gasteiger partial charge in [0, 0.05) is 17.7 Å². The van der Waals surface area contributed by atoms with Crippen LogP contribution >= 0.6 is 11.3 Å². The fourth-order valence-electron chi connectivity index (χ4n) is 1.70. The van der Waals surface area contributed by atoms with E-state index in [4.69, 9.17) is 4.74 Å². The second kappa shape index (κ2) is 3.66. The van der Waals surface area contributed by atoms with Gasteiger partial charge in [0.2, 0.25) is 5.90 Å². The highest BCUT2D eigenvalue weighted by molar-refractivity contribution is 7.20. The van der Waals surface area contributed by atoms with Crippen molar-refractivity contribution in [2.75, 3.05) is 13.2 Å². The van der Waals surface area contributed by atoms with Crippen LogP contribution in [0.25, 0.3) is 10.1 Å². The van der Waals surface area contributed by atoms with Crippen LogP contribution in [-0.2, 0) is 4.74 Å². The minimum absolute atomic E-state index is 0.799. The van der Waals surface area contributed by atoms with Crippen LogP contribution in [0.4, 0.5) is 0 Å². The van der Waals surface area contributed by atoms with E-state index in [0.717, 1.165) is 30.3 Å². The van der Waals surface area contributed by atoms with Gasteiger partial charge in [-0.2, -0.15) is 0 Å². The Morgan fingerprint density at radius 1 is 1.27 bits per heavy atom. The number of nitrogens with zero attached hydrogens (tertiary/aromatic N) is 1. The Kier molecular flexibility index (Phi) is 2.18. The van der Waals surface area contributed by atoms with Crippen molar-refractivity contribution in [3.8, 4) is 0 Å². The zero-order valence-corrected chi connectivity index (χ0v) is 9.09. The van der Waals surface area contributed by atoms with Crippen LogP contribution in [0.2, 0.25) is 0 Å². The lowest BCUT2D eigenvalue weighted by Gasteiger charge is -2.11. The predicted octanol–water partition coefficient (Wildman–Crippen LogP) is 3.07. The number of hydrogen-bond acceptors (Lipinski definition) is 3. The zero-order chi connectivity index (χ0) is 10.1. The van der Waals surface area contributed by atoms with Crippen LogP contribution in [0.3, 0.4) is 0 Å². The third kappa shape index (κ3) is 1.63. The summed E-state index contributed by atoms with van der Waals surface area (Å²) < 4.78 is 6.85. The number of hydrogen-bond donors (Lipinski definition) is 0. The summed E-state index contributed by atoms with van der Waals surface area (Å²) >= 11 is 1.75. The largest absolute Gasteiger partial charge is 0.477 e. The van der Waals surface area contributed by atoms with Gasteiger partial charge in [-0.3, -0.25) is 4.99 Å². The van der Waals surface area contributed by atoms with E-state index in [-0.39, 0.29) is 0 Å². The summed E-state index contributed by atoms with van der Waals surface area (Å²) in [6, 6.07) is 10.5. The molecule has 2 nitrogen and oxygen atoms in total. The number of benzene rings is 1. The standard InChI is InChI=1S/C12H11NOS/c1-2-5-10-9(4-1)8-11(15-10)12-13-6-3-7-14-12/h1-2,4-5,8H,3,6-7H2. The molecule has 1 aliphatic heterocycles. The van der Waals surface area contributed by atoms with Gasteiger partial charge >= 0.3 is 0 Å². The highest BCUT2D eigenvalue weighted by atomic mass is 32.1. The van der Waals surface area contributed by atoms with Gasteiger partial charge in [0.05, 0.1) is 11.5 Å². The fourth-order valence-corrected chi connectivity index (χ4v) is 2.72. The molecular formula is C12H11NOS. The summed E-state index contributed by atoms with van der Waals surface area (Å²) in [5, 5.41) is 1.27. The topological polar surface area (TPSA) is 21.6 Å². The molecule has 15 heavy (non-hydrogen) atoms.